The predicted molar refractivity (Wildman–Crippen MR) is 109 cm³/mol. The maximum absolute atomic E-state index is 13.0. The summed E-state index contributed by atoms with van der Waals surface area (Å²) in [7, 11) is 0. The van der Waals surface area contributed by atoms with Gasteiger partial charge in [-0.1, -0.05) is 30.3 Å². The number of pyridine rings is 2. The van der Waals surface area contributed by atoms with Crippen molar-refractivity contribution in [3.05, 3.63) is 108 Å². The van der Waals surface area contributed by atoms with Crippen LogP contribution in [0.5, 0.6) is 0 Å². The lowest BCUT2D eigenvalue weighted by molar-refractivity contribution is -0.137. The van der Waals surface area contributed by atoms with Crippen molar-refractivity contribution >= 4 is 5.78 Å². The molecule has 3 rings (SSSR count). The van der Waals surface area contributed by atoms with E-state index in [0.717, 1.165) is 23.3 Å². The number of rotatable bonds is 8. The highest BCUT2D eigenvalue weighted by atomic mass is 19.4. The molecule has 30 heavy (non-hydrogen) atoms. The zero-order valence-electron chi connectivity index (χ0n) is 16.3. The molecular formula is C24H21F3N2O. The molecule has 6 heteroatoms. The summed E-state index contributed by atoms with van der Waals surface area (Å²) < 4.78 is 38.9. The third-order valence-electron chi connectivity index (χ3n) is 4.82. The molecule has 0 saturated heterocycles. The Labute approximate surface area is 173 Å². The molecule has 0 unspecified atom stereocenters. The summed E-state index contributed by atoms with van der Waals surface area (Å²) in [4.78, 5) is 21.3. The van der Waals surface area contributed by atoms with Crippen molar-refractivity contribution in [2.24, 2.45) is 0 Å². The number of alkyl halides is 3. The minimum Gasteiger partial charge on any atom is -0.299 e. The summed E-state index contributed by atoms with van der Waals surface area (Å²) in [6.07, 6.45) is 3.10. The van der Waals surface area contributed by atoms with Crippen LogP contribution in [0.2, 0.25) is 0 Å². The fourth-order valence-electron chi connectivity index (χ4n) is 3.40. The number of aromatic nitrogens is 2. The van der Waals surface area contributed by atoms with Crippen LogP contribution in [0.1, 0.15) is 40.3 Å². The van der Waals surface area contributed by atoms with Crippen molar-refractivity contribution < 1.29 is 18.0 Å². The fourth-order valence-corrected chi connectivity index (χ4v) is 3.40. The largest absolute Gasteiger partial charge is 0.416 e. The number of hydrogen-bond donors (Lipinski definition) is 0. The maximum atomic E-state index is 13.0. The van der Waals surface area contributed by atoms with Crippen LogP contribution >= 0.6 is 0 Å². The summed E-state index contributed by atoms with van der Waals surface area (Å²) in [5, 5.41) is 0. The van der Waals surface area contributed by atoms with Gasteiger partial charge in [0, 0.05) is 37.4 Å². The van der Waals surface area contributed by atoms with Crippen molar-refractivity contribution in [2.45, 2.75) is 31.4 Å². The number of carbonyl (C=O) groups excluding carboxylic acids is 1. The highest BCUT2D eigenvalue weighted by Gasteiger charge is 2.31. The van der Waals surface area contributed by atoms with Gasteiger partial charge in [-0.25, -0.2) is 0 Å². The lowest BCUT2D eigenvalue weighted by Gasteiger charge is -2.20. The Kier molecular flexibility index (Phi) is 6.77. The number of Topliss-reactive ketones (excluding diaryl/α,β-unsaturated/α-hetero) is 1. The van der Waals surface area contributed by atoms with E-state index in [1.54, 1.807) is 36.8 Å². The second-order valence-corrected chi connectivity index (χ2v) is 6.99. The quantitative estimate of drug-likeness (QED) is 0.457. The van der Waals surface area contributed by atoms with Gasteiger partial charge in [-0.05, 0) is 47.4 Å². The van der Waals surface area contributed by atoms with Crippen LogP contribution in [0.3, 0.4) is 0 Å². The Morgan fingerprint density at radius 1 is 1.07 bits per heavy atom. The average molecular weight is 410 g/mol. The van der Waals surface area contributed by atoms with Crippen molar-refractivity contribution in [1.29, 1.82) is 0 Å². The topological polar surface area (TPSA) is 42.9 Å². The van der Waals surface area contributed by atoms with Gasteiger partial charge in [0.25, 0.3) is 0 Å². The fraction of sp³-hybridized carbons (Fsp3) is 0.208. The monoisotopic (exact) mass is 410 g/mol. The molecule has 1 aromatic carbocycles. The van der Waals surface area contributed by atoms with E-state index in [1.165, 1.54) is 12.1 Å². The molecule has 0 N–H and O–H groups in total. The number of ketones is 1. The van der Waals surface area contributed by atoms with E-state index in [2.05, 4.69) is 16.5 Å². The van der Waals surface area contributed by atoms with Crippen molar-refractivity contribution in [2.75, 3.05) is 0 Å². The molecule has 0 fully saturated rings. The first-order valence-corrected chi connectivity index (χ1v) is 9.51. The smallest absolute Gasteiger partial charge is 0.299 e. The molecule has 2 aromatic heterocycles. The molecule has 3 aromatic rings. The third kappa shape index (κ3) is 5.41. The zero-order chi connectivity index (χ0) is 21.6. The Balaban J connectivity index is 1.95. The number of benzene rings is 1. The Hall–Kier alpha value is -3.28. The van der Waals surface area contributed by atoms with Crippen LogP contribution in [0.4, 0.5) is 13.2 Å². The van der Waals surface area contributed by atoms with Gasteiger partial charge in [-0.2, -0.15) is 13.2 Å². The van der Waals surface area contributed by atoms with Gasteiger partial charge in [0.1, 0.15) is 5.78 Å². The van der Waals surface area contributed by atoms with Gasteiger partial charge in [-0.15, -0.1) is 6.58 Å². The van der Waals surface area contributed by atoms with E-state index in [0.29, 0.717) is 17.7 Å². The maximum Gasteiger partial charge on any atom is 0.416 e. The van der Waals surface area contributed by atoms with E-state index in [4.69, 9.17) is 0 Å². The van der Waals surface area contributed by atoms with E-state index in [-0.39, 0.29) is 18.6 Å². The SMILES string of the molecule is C=CCc1cccnc1[C@@H](CC(=O)Cc1cccnc1)c1ccc(C(F)(F)F)cc1. The molecule has 0 bridgehead atoms. The van der Waals surface area contributed by atoms with Crippen LogP contribution < -0.4 is 0 Å². The van der Waals surface area contributed by atoms with Gasteiger partial charge < -0.3 is 0 Å². The van der Waals surface area contributed by atoms with Crippen LogP contribution in [0, 0.1) is 0 Å². The summed E-state index contributed by atoms with van der Waals surface area (Å²) in [6, 6.07) is 12.2. The second kappa shape index (κ2) is 9.48. The van der Waals surface area contributed by atoms with E-state index >= 15 is 0 Å². The van der Waals surface area contributed by atoms with Crippen LogP contribution in [0.15, 0.2) is 79.8 Å². The van der Waals surface area contributed by atoms with Crippen LogP contribution in [-0.2, 0) is 23.8 Å². The number of halogens is 3. The van der Waals surface area contributed by atoms with E-state index < -0.39 is 17.7 Å². The number of carbonyl (C=O) groups is 1. The molecule has 1 atom stereocenters. The number of hydrogen-bond acceptors (Lipinski definition) is 3. The minimum atomic E-state index is -4.41. The molecule has 0 radical (unpaired) electrons. The minimum absolute atomic E-state index is 0.0388. The molecule has 0 amide bonds. The zero-order valence-corrected chi connectivity index (χ0v) is 16.3. The molecule has 2 heterocycles. The lowest BCUT2D eigenvalue weighted by Crippen LogP contribution is -2.14. The van der Waals surface area contributed by atoms with Gasteiger partial charge in [0.15, 0.2) is 0 Å². The van der Waals surface area contributed by atoms with Crippen LogP contribution in [-0.4, -0.2) is 15.8 Å². The van der Waals surface area contributed by atoms with Crippen molar-refractivity contribution in [1.82, 2.24) is 9.97 Å². The molecule has 0 aliphatic carbocycles. The highest BCUT2D eigenvalue weighted by Crippen LogP contribution is 2.34. The van der Waals surface area contributed by atoms with Gasteiger partial charge >= 0.3 is 6.18 Å². The summed E-state index contributed by atoms with van der Waals surface area (Å²) >= 11 is 0. The van der Waals surface area contributed by atoms with E-state index in [1.807, 2.05) is 12.1 Å². The Morgan fingerprint density at radius 3 is 2.43 bits per heavy atom. The number of allylic oxidation sites excluding steroid dienone is 1. The molecule has 0 saturated carbocycles. The molecule has 154 valence electrons. The molecular weight excluding hydrogens is 389 g/mol. The van der Waals surface area contributed by atoms with Gasteiger partial charge in [0.2, 0.25) is 0 Å². The van der Waals surface area contributed by atoms with Gasteiger partial charge in [-0.3, -0.25) is 14.8 Å². The van der Waals surface area contributed by atoms with Crippen LogP contribution in [0.25, 0.3) is 0 Å². The summed E-state index contributed by atoms with van der Waals surface area (Å²) in [5.41, 5.74) is 2.26. The first-order chi connectivity index (χ1) is 14.4. The number of nitrogens with zero attached hydrogens (tertiary/aromatic N) is 2. The van der Waals surface area contributed by atoms with E-state index in [9.17, 15) is 18.0 Å². The second-order valence-electron chi connectivity index (χ2n) is 6.99. The molecule has 0 aliphatic heterocycles. The van der Waals surface area contributed by atoms with Crippen molar-refractivity contribution in [3.63, 3.8) is 0 Å². The van der Waals surface area contributed by atoms with Gasteiger partial charge in [0.05, 0.1) is 11.3 Å². The molecule has 0 aliphatic rings. The lowest BCUT2D eigenvalue weighted by atomic mass is 9.86. The summed E-state index contributed by atoms with van der Waals surface area (Å²) in [6.45, 7) is 3.76. The average Bonchev–Trinajstić information content (AvgIpc) is 2.73. The standard InChI is InChI=1S/C24H21F3N2O/c1-2-5-19-7-4-13-29-23(19)22(15-21(30)14-17-6-3-12-28-16-17)18-8-10-20(11-9-18)24(25,26)27/h2-4,6-13,16,22H,1,5,14-15H2/t22-/m0/s1. The molecule has 0 spiro atoms. The first kappa shape index (κ1) is 21.4. The highest BCUT2D eigenvalue weighted by molar-refractivity contribution is 5.82. The molecule has 3 nitrogen and oxygen atoms in total. The third-order valence-corrected chi connectivity index (χ3v) is 4.82. The predicted octanol–water partition coefficient (Wildman–Crippen LogP) is 5.56. The van der Waals surface area contributed by atoms with Crippen molar-refractivity contribution in [3.8, 4) is 0 Å². The Morgan fingerprint density at radius 2 is 1.80 bits per heavy atom. The first-order valence-electron chi connectivity index (χ1n) is 9.51. The normalized spacial score (nSPS) is 12.4. The summed E-state index contributed by atoms with van der Waals surface area (Å²) in [5.74, 6) is -0.490. The Bertz CT molecular complexity index is 999.